The Kier molecular flexibility index (Phi) is 4.65. The van der Waals surface area contributed by atoms with Gasteiger partial charge in [-0.15, -0.1) is 16.4 Å². The Hall–Kier alpha value is -3.32. The molecule has 1 atom stereocenters. The second-order valence-corrected chi connectivity index (χ2v) is 7.93. The van der Waals surface area contributed by atoms with Crippen molar-refractivity contribution in [2.24, 2.45) is 0 Å². The van der Waals surface area contributed by atoms with Gasteiger partial charge in [0.15, 0.2) is 0 Å². The van der Waals surface area contributed by atoms with Gasteiger partial charge >= 0.3 is 0 Å². The van der Waals surface area contributed by atoms with Gasteiger partial charge in [0.05, 0.1) is 5.69 Å². The zero-order valence-electron chi connectivity index (χ0n) is 15.6. The van der Waals surface area contributed by atoms with Gasteiger partial charge in [0.1, 0.15) is 16.9 Å². The molecule has 1 aliphatic rings. The smallest absolute Gasteiger partial charge is 0.291 e. The Morgan fingerprint density at radius 2 is 1.79 bits per heavy atom. The second kappa shape index (κ2) is 7.60. The number of hydrogen-bond acceptors (Lipinski definition) is 5. The average molecular weight is 401 g/mol. The van der Waals surface area contributed by atoms with Gasteiger partial charge in [0.25, 0.3) is 5.91 Å². The summed E-state index contributed by atoms with van der Waals surface area (Å²) in [5, 5.41) is 10.4. The first-order valence-corrected chi connectivity index (χ1v) is 10.4. The summed E-state index contributed by atoms with van der Waals surface area (Å²) in [6.07, 6.45) is 3.91. The van der Waals surface area contributed by atoms with Crippen LogP contribution < -0.4 is 5.32 Å². The highest BCUT2D eigenvalue weighted by Crippen LogP contribution is 2.39. The van der Waals surface area contributed by atoms with Crippen molar-refractivity contribution >= 4 is 17.2 Å². The lowest BCUT2D eigenvalue weighted by atomic mass is 10.1. The van der Waals surface area contributed by atoms with Crippen molar-refractivity contribution in [1.29, 1.82) is 0 Å². The predicted molar refractivity (Wildman–Crippen MR) is 111 cm³/mol. The first-order valence-electron chi connectivity index (χ1n) is 9.57. The Bertz CT molecular complexity index is 1100. The van der Waals surface area contributed by atoms with Crippen LogP contribution in [0.1, 0.15) is 51.8 Å². The zero-order valence-corrected chi connectivity index (χ0v) is 16.4. The number of rotatable bonds is 6. The van der Waals surface area contributed by atoms with Crippen LogP contribution in [0.15, 0.2) is 72.2 Å². The highest BCUT2D eigenvalue weighted by atomic mass is 32.1. The minimum absolute atomic E-state index is 0.188. The fraction of sp³-hybridized carbons (Fsp3) is 0.182. The molecule has 29 heavy (non-hydrogen) atoms. The molecular formula is C22H19N5OS. The monoisotopic (exact) mass is 401 g/mol. The van der Waals surface area contributed by atoms with Gasteiger partial charge in [-0.3, -0.25) is 4.79 Å². The van der Waals surface area contributed by atoms with Crippen molar-refractivity contribution in [2.45, 2.75) is 24.8 Å². The SMILES string of the molecule is O=C(NC(c1ccccc1)c1nccs1)c1nc(C2CC2)n(-c2ccccc2)n1. The molecule has 1 saturated carbocycles. The number of hydrogen-bond donors (Lipinski definition) is 1. The first-order chi connectivity index (χ1) is 14.3. The van der Waals surface area contributed by atoms with E-state index in [0.29, 0.717) is 5.92 Å². The number of nitrogens with one attached hydrogen (secondary N) is 1. The number of thiazole rings is 1. The number of aromatic nitrogens is 4. The van der Waals surface area contributed by atoms with Crippen LogP contribution in [-0.2, 0) is 0 Å². The molecule has 2 aromatic heterocycles. The van der Waals surface area contributed by atoms with E-state index in [2.05, 4.69) is 20.4 Å². The van der Waals surface area contributed by atoms with Gasteiger partial charge < -0.3 is 5.32 Å². The van der Waals surface area contributed by atoms with Gasteiger partial charge in [-0.2, -0.15) is 0 Å². The van der Waals surface area contributed by atoms with Gasteiger partial charge in [-0.05, 0) is 30.5 Å². The molecule has 1 fully saturated rings. The lowest BCUT2D eigenvalue weighted by molar-refractivity contribution is 0.0932. The third kappa shape index (κ3) is 3.69. The molecule has 4 aromatic rings. The van der Waals surface area contributed by atoms with Gasteiger partial charge in [-0.1, -0.05) is 48.5 Å². The van der Waals surface area contributed by atoms with Crippen LogP contribution in [0.3, 0.4) is 0 Å². The summed E-state index contributed by atoms with van der Waals surface area (Å²) in [5.41, 5.74) is 1.89. The molecule has 6 nitrogen and oxygen atoms in total. The average Bonchev–Trinajstić information content (AvgIpc) is 3.28. The molecule has 1 aliphatic carbocycles. The molecular weight excluding hydrogens is 382 g/mol. The highest BCUT2D eigenvalue weighted by molar-refractivity contribution is 7.09. The van der Waals surface area contributed by atoms with Crippen LogP contribution in [0.2, 0.25) is 0 Å². The fourth-order valence-corrected chi connectivity index (χ4v) is 4.01. The maximum atomic E-state index is 13.1. The topological polar surface area (TPSA) is 72.7 Å². The number of nitrogens with zero attached hydrogens (tertiary/aromatic N) is 4. The molecule has 1 N–H and O–H groups in total. The van der Waals surface area contributed by atoms with E-state index < -0.39 is 0 Å². The molecule has 0 spiro atoms. The van der Waals surface area contributed by atoms with Crippen LogP contribution in [0.25, 0.3) is 5.69 Å². The summed E-state index contributed by atoms with van der Waals surface area (Å²) in [4.78, 5) is 22.1. The van der Waals surface area contributed by atoms with Crippen molar-refractivity contribution < 1.29 is 4.79 Å². The fourth-order valence-electron chi connectivity index (χ4n) is 3.29. The number of benzene rings is 2. The number of amides is 1. The lowest BCUT2D eigenvalue weighted by Crippen LogP contribution is -2.30. The van der Waals surface area contributed by atoms with Crippen molar-refractivity contribution in [3.05, 3.63) is 94.5 Å². The van der Waals surface area contributed by atoms with Crippen LogP contribution in [0.4, 0.5) is 0 Å². The minimum atomic E-state index is -0.336. The van der Waals surface area contributed by atoms with E-state index in [9.17, 15) is 4.79 Å². The number of carbonyl (C=O) groups excluding carboxylic acids is 1. The molecule has 2 heterocycles. The standard InChI is InChI=1S/C22H19N5OS/c28-21(24-18(22-23-13-14-29-22)15-7-3-1-4-8-15)19-25-20(16-11-12-16)27(26-19)17-9-5-2-6-10-17/h1-10,13-14,16,18H,11-12H2,(H,24,28). The summed E-state index contributed by atoms with van der Waals surface area (Å²) in [6.45, 7) is 0. The van der Waals surface area contributed by atoms with E-state index in [-0.39, 0.29) is 17.8 Å². The van der Waals surface area contributed by atoms with Crippen LogP contribution in [0, 0.1) is 0 Å². The number of para-hydroxylation sites is 1. The Balaban J connectivity index is 1.47. The van der Waals surface area contributed by atoms with E-state index in [0.717, 1.165) is 34.9 Å². The van der Waals surface area contributed by atoms with Gasteiger partial charge in [0.2, 0.25) is 5.82 Å². The van der Waals surface area contributed by atoms with Crippen LogP contribution >= 0.6 is 11.3 Å². The Labute approximate surface area is 172 Å². The summed E-state index contributed by atoms with van der Waals surface area (Å²) in [6, 6.07) is 19.3. The molecule has 0 bridgehead atoms. The lowest BCUT2D eigenvalue weighted by Gasteiger charge is -2.16. The molecule has 0 aliphatic heterocycles. The van der Waals surface area contributed by atoms with Gasteiger partial charge in [0, 0.05) is 17.5 Å². The molecule has 2 aromatic carbocycles. The largest absolute Gasteiger partial charge is 0.336 e. The maximum absolute atomic E-state index is 13.1. The highest BCUT2D eigenvalue weighted by Gasteiger charge is 2.32. The molecule has 7 heteroatoms. The summed E-state index contributed by atoms with van der Waals surface area (Å²) in [7, 11) is 0. The third-order valence-electron chi connectivity index (χ3n) is 4.89. The molecule has 5 rings (SSSR count). The summed E-state index contributed by atoms with van der Waals surface area (Å²) >= 11 is 1.51. The van der Waals surface area contributed by atoms with E-state index in [4.69, 9.17) is 0 Å². The van der Waals surface area contributed by atoms with Crippen molar-refractivity contribution in [3.8, 4) is 5.69 Å². The van der Waals surface area contributed by atoms with E-state index >= 15 is 0 Å². The molecule has 0 saturated heterocycles. The normalized spacial score (nSPS) is 14.5. The Morgan fingerprint density at radius 1 is 1.07 bits per heavy atom. The zero-order chi connectivity index (χ0) is 19.6. The predicted octanol–water partition coefficient (Wildman–Crippen LogP) is 4.12. The van der Waals surface area contributed by atoms with E-state index in [1.807, 2.05) is 66.0 Å². The summed E-state index contributed by atoms with van der Waals surface area (Å²) < 4.78 is 1.80. The van der Waals surface area contributed by atoms with Crippen LogP contribution in [-0.4, -0.2) is 25.7 Å². The van der Waals surface area contributed by atoms with Gasteiger partial charge in [-0.25, -0.2) is 14.6 Å². The maximum Gasteiger partial charge on any atom is 0.291 e. The second-order valence-electron chi connectivity index (χ2n) is 7.00. The van der Waals surface area contributed by atoms with E-state index in [1.54, 1.807) is 10.9 Å². The van der Waals surface area contributed by atoms with E-state index in [1.165, 1.54) is 11.3 Å². The van der Waals surface area contributed by atoms with Crippen molar-refractivity contribution in [2.75, 3.05) is 0 Å². The molecule has 144 valence electrons. The minimum Gasteiger partial charge on any atom is -0.336 e. The summed E-state index contributed by atoms with van der Waals surface area (Å²) in [5.74, 6) is 1.11. The van der Waals surface area contributed by atoms with Crippen LogP contribution in [0.5, 0.6) is 0 Å². The van der Waals surface area contributed by atoms with Crippen molar-refractivity contribution in [1.82, 2.24) is 25.1 Å². The number of carbonyl (C=O) groups is 1. The first kappa shape index (κ1) is 17.8. The third-order valence-corrected chi connectivity index (χ3v) is 5.73. The molecule has 1 unspecified atom stereocenters. The molecule has 1 amide bonds. The quantitative estimate of drug-likeness (QED) is 0.527. The van der Waals surface area contributed by atoms with Crippen molar-refractivity contribution in [3.63, 3.8) is 0 Å². The Morgan fingerprint density at radius 3 is 2.45 bits per heavy atom. The molecule has 0 radical (unpaired) electrons.